The van der Waals surface area contributed by atoms with E-state index in [2.05, 4.69) is 10.3 Å². The first kappa shape index (κ1) is 14.6. The molecule has 21 heavy (non-hydrogen) atoms. The van der Waals surface area contributed by atoms with Crippen molar-refractivity contribution in [2.45, 2.75) is 13.5 Å². The molecule has 0 aliphatic rings. The molecule has 0 atom stereocenters. The number of carbonyl (C=O) groups excluding carboxylic acids is 1. The number of amides is 1. The second-order valence-electron chi connectivity index (χ2n) is 4.50. The molecule has 0 aliphatic heterocycles. The Bertz CT molecular complexity index is 724. The van der Waals surface area contributed by atoms with Crippen LogP contribution in [0.5, 0.6) is 5.75 Å². The highest BCUT2D eigenvalue weighted by Gasteiger charge is 2.09. The third-order valence-electron chi connectivity index (χ3n) is 2.83. The Labute approximate surface area is 121 Å². The van der Waals surface area contributed by atoms with Crippen LogP contribution in [-0.2, 0) is 11.3 Å². The zero-order valence-corrected chi connectivity index (χ0v) is 11.8. The average molecular weight is 288 g/mol. The lowest BCUT2D eigenvalue weighted by atomic mass is 10.2. The first-order valence-electron chi connectivity index (χ1n) is 6.26. The van der Waals surface area contributed by atoms with Gasteiger partial charge in [0.2, 0.25) is 5.91 Å². The summed E-state index contributed by atoms with van der Waals surface area (Å²) >= 11 is 0. The summed E-state index contributed by atoms with van der Waals surface area (Å²) < 4.78 is 6.37. The highest BCUT2D eigenvalue weighted by Crippen LogP contribution is 2.26. The summed E-state index contributed by atoms with van der Waals surface area (Å²) in [6, 6.07) is 6.27. The second-order valence-corrected chi connectivity index (χ2v) is 4.50. The molecule has 1 aromatic heterocycles. The van der Waals surface area contributed by atoms with Gasteiger partial charge < -0.3 is 15.8 Å². The van der Waals surface area contributed by atoms with Crippen molar-refractivity contribution in [2.75, 3.05) is 18.2 Å². The van der Waals surface area contributed by atoms with Crippen molar-refractivity contribution in [3.05, 3.63) is 46.6 Å². The van der Waals surface area contributed by atoms with Crippen LogP contribution in [0.4, 0.5) is 11.4 Å². The van der Waals surface area contributed by atoms with Crippen LogP contribution in [0.2, 0.25) is 0 Å². The molecule has 7 heteroatoms. The number of aromatic nitrogens is 2. The van der Waals surface area contributed by atoms with Gasteiger partial charge in [-0.05, 0) is 19.1 Å². The number of nitrogen functional groups attached to an aromatic ring is 1. The van der Waals surface area contributed by atoms with Gasteiger partial charge in [-0.3, -0.25) is 14.2 Å². The SMILES string of the molecule is COc1cc(N)ccc1NC(=O)Cn1cnc(C)cc1=O. The molecule has 0 spiro atoms. The molecule has 0 radical (unpaired) electrons. The molecule has 1 heterocycles. The van der Waals surface area contributed by atoms with E-state index in [1.165, 1.54) is 24.1 Å². The van der Waals surface area contributed by atoms with Gasteiger partial charge >= 0.3 is 0 Å². The molecule has 0 saturated heterocycles. The number of nitrogens with two attached hydrogens (primary N) is 1. The predicted octanol–water partition coefficient (Wildman–Crippen LogP) is 0.781. The maximum absolute atomic E-state index is 12.0. The number of rotatable bonds is 4. The summed E-state index contributed by atoms with van der Waals surface area (Å²) in [7, 11) is 1.48. The van der Waals surface area contributed by atoms with E-state index in [0.29, 0.717) is 22.8 Å². The Morgan fingerprint density at radius 3 is 2.86 bits per heavy atom. The van der Waals surface area contributed by atoms with E-state index < -0.39 is 0 Å². The molecule has 110 valence electrons. The molecule has 2 rings (SSSR count). The predicted molar refractivity (Wildman–Crippen MR) is 79.3 cm³/mol. The Morgan fingerprint density at radius 1 is 1.43 bits per heavy atom. The first-order chi connectivity index (χ1) is 9.99. The number of hydrogen-bond donors (Lipinski definition) is 2. The standard InChI is InChI=1S/C14H16N4O3/c1-9-5-14(20)18(8-16-9)7-13(19)17-11-4-3-10(15)6-12(11)21-2/h3-6,8H,7,15H2,1-2H3,(H,17,19). The van der Waals surface area contributed by atoms with Crippen molar-refractivity contribution in [1.29, 1.82) is 0 Å². The fourth-order valence-corrected chi connectivity index (χ4v) is 1.79. The normalized spacial score (nSPS) is 10.2. The molecule has 3 N–H and O–H groups in total. The van der Waals surface area contributed by atoms with Gasteiger partial charge in [-0.1, -0.05) is 0 Å². The van der Waals surface area contributed by atoms with E-state index in [-0.39, 0.29) is 18.0 Å². The van der Waals surface area contributed by atoms with Gasteiger partial charge in [-0.25, -0.2) is 4.98 Å². The quantitative estimate of drug-likeness (QED) is 0.810. The van der Waals surface area contributed by atoms with Crippen molar-refractivity contribution in [1.82, 2.24) is 9.55 Å². The summed E-state index contributed by atoms with van der Waals surface area (Å²) in [5.74, 6) is 0.101. The van der Waals surface area contributed by atoms with Crippen LogP contribution in [0, 0.1) is 6.92 Å². The summed E-state index contributed by atoms with van der Waals surface area (Å²) in [5.41, 5.74) is 7.00. The summed E-state index contributed by atoms with van der Waals surface area (Å²) in [6.07, 6.45) is 1.34. The van der Waals surface area contributed by atoms with Crippen LogP contribution in [0.25, 0.3) is 0 Å². The van der Waals surface area contributed by atoms with Crippen molar-refractivity contribution < 1.29 is 9.53 Å². The van der Waals surface area contributed by atoms with Gasteiger partial charge in [0, 0.05) is 23.5 Å². The summed E-state index contributed by atoms with van der Waals surface area (Å²) in [4.78, 5) is 27.7. The minimum absolute atomic E-state index is 0.125. The average Bonchev–Trinajstić information content (AvgIpc) is 2.44. The zero-order chi connectivity index (χ0) is 15.4. The zero-order valence-electron chi connectivity index (χ0n) is 11.8. The molecular weight excluding hydrogens is 272 g/mol. The third kappa shape index (κ3) is 3.59. The molecule has 7 nitrogen and oxygen atoms in total. The lowest BCUT2D eigenvalue weighted by Gasteiger charge is -2.11. The summed E-state index contributed by atoms with van der Waals surface area (Å²) in [6.45, 7) is 1.59. The van der Waals surface area contributed by atoms with E-state index in [4.69, 9.17) is 10.5 Å². The Morgan fingerprint density at radius 2 is 2.19 bits per heavy atom. The fourth-order valence-electron chi connectivity index (χ4n) is 1.79. The first-order valence-corrected chi connectivity index (χ1v) is 6.26. The number of carbonyl (C=O) groups is 1. The molecule has 1 amide bonds. The molecule has 2 aromatic rings. The minimum atomic E-state index is -0.356. The molecule has 0 bridgehead atoms. The number of nitrogens with one attached hydrogen (secondary N) is 1. The van der Waals surface area contributed by atoms with E-state index in [1.807, 2.05) is 0 Å². The van der Waals surface area contributed by atoms with Gasteiger partial charge in [-0.15, -0.1) is 0 Å². The molecular formula is C14H16N4O3. The number of ether oxygens (including phenoxy) is 1. The van der Waals surface area contributed by atoms with E-state index in [1.54, 1.807) is 25.1 Å². The number of nitrogens with zero attached hydrogens (tertiary/aromatic N) is 2. The van der Waals surface area contributed by atoms with Crippen molar-refractivity contribution in [3.63, 3.8) is 0 Å². The lowest BCUT2D eigenvalue weighted by molar-refractivity contribution is -0.116. The minimum Gasteiger partial charge on any atom is -0.494 e. The van der Waals surface area contributed by atoms with Gasteiger partial charge in [0.05, 0.1) is 19.1 Å². The smallest absolute Gasteiger partial charge is 0.253 e. The highest BCUT2D eigenvalue weighted by molar-refractivity contribution is 5.92. The Balaban J connectivity index is 2.13. The van der Waals surface area contributed by atoms with Crippen LogP contribution in [0.1, 0.15) is 5.69 Å². The molecule has 0 unspecified atom stereocenters. The van der Waals surface area contributed by atoms with Crippen LogP contribution >= 0.6 is 0 Å². The number of aryl methyl sites for hydroxylation is 1. The van der Waals surface area contributed by atoms with E-state index in [9.17, 15) is 9.59 Å². The highest BCUT2D eigenvalue weighted by atomic mass is 16.5. The van der Waals surface area contributed by atoms with Gasteiger partial charge in [0.1, 0.15) is 12.3 Å². The number of hydrogen-bond acceptors (Lipinski definition) is 5. The lowest BCUT2D eigenvalue weighted by Crippen LogP contribution is -2.27. The Hall–Kier alpha value is -2.83. The van der Waals surface area contributed by atoms with Crippen LogP contribution in [0.15, 0.2) is 35.4 Å². The topological polar surface area (TPSA) is 99.2 Å². The van der Waals surface area contributed by atoms with Gasteiger partial charge in [0.25, 0.3) is 5.56 Å². The number of methoxy groups -OCH3 is 1. The largest absolute Gasteiger partial charge is 0.494 e. The maximum atomic E-state index is 12.0. The van der Waals surface area contributed by atoms with Crippen LogP contribution in [-0.4, -0.2) is 22.6 Å². The summed E-state index contributed by atoms with van der Waals surface area (Å²) in [5, 5.41) is 2.67. The van der Waals surface area contributed by atoms with E-state index in [0.717, 1.165) is 0 Å². The maximum Gasteiger partial charge on any atom is 0.253 e. The molecule has 0 saturated carbocycles. The second kappa shape index (κ2) is 6.08. The van der Waals surface area contributed by atoms with Crippen molar-refractivity contribution in [3.8, 4) is 5.75 Å². The fraction of sp³-hybridized carbons (Fsp3) is 0.214. The number of anilines is 2. The molecule has 1 aromatic carbocycles. The molecule has 0 aliphatic carbocycles. The van der Waals surface area contributed by atoms with Crippen LogP contribution < -0.4 is 21.3 Å². The molecule has 0 fully saturated rings. The monoisotopic (exact) mass is 288 g/mol. The van der Waals surface area contributed by atoms with E-state index >= 15 is 0 Å². The van der Waals surface area contributed by atoms with Crippen LogP contribution in [0.3, 0.4) is 0 Å². The van der Waals surface area contributed by atoms with Crippen molar-refractivity contribution in [2.24, 2.45) is 0 Å². The van der Waals surface area contributed by atoms with Gasteiger partial charge in [0.15, 0.2) is 0 Å². The number of benzene rings is 1. The third-order valence-corrected chi connectivity index (χ3v) is 2.83. The Kier molecular flexibility index (Phi) is 4.22. The van der Waals surface area contributed by atoms with Crippen molar-refractivity contribution >= 4 is 17.3 Å². The van der Waals surface area contributed by atoms with Gasteiger partial charge in [-0.2, -0.15) is 0 Å².